The van der Waals surface area contributed by atoms with Gasteiger partial charge in [-0.05, 0) is 48.6 Å². The van der Waals surface area contributed by atoms with Crippen molar-refractivity contribution in [1.29, 1.82) is 5.26 Å². The predicted octanol–water partition coefficient (Wildman–Crippen LogP) is 4.43. The summed E-state index contributed by atoms with van der Waals surface area (Å²) in [6.07, 6.45) is 2.22. The van der Waals surface area contributed by atoms with Crippen molar-refractivity contribution in [3.05, 3.63) is 70.3 Å². The number of carbonyl (C=O) groups excluding carboxylic acids is 2. The standard InChI is InChI=1S/C22H21N3O2S2/c1-14-4-3-5-16(10-14)24-21(27)13-29-22-19(12-23)18(11-20(26)25-22)15-6-8-17(28-2)9-7-15/h3-10,18H,11,13H2,1-2H3,(H,24,27)(H,25,26)/t18-/m0/s1. The van der Waals surface area contributed by atoms with E-state index in [4.69, 9.17) is 0 Å². The molecule has 0 unspecified atom stereocenters. The highest BCUT2D eigenvalue weighted by molar-refractivity contribution is 8.03. The normalized spacial score (nSPS) is 16.2. The summed E-state index contributed by atoms with van der Waals surface area (Å²) in [4.78, 5) is 25.7. The van der Waals surface area contributed by atoms with Crippen LogP contribution >= 0.6 is 23.5 Å². The van der Waals surface area contributed by atoms with E-state index >= 15 is 0 Å². The van der Waals surface area contributed by atoms with Gasteiger partial charge in [0.15, 0.2) is 0 Å². The predicted molar refractivity (Wildman–Crippen MR) is 119 cm³/mol. The zero-order chi connectivity index (χ0) is 20.8. The Balaban J connectivity index is 1.74. The van der Waals surface area contributed by atoms with Gasteiger partial charge in [-0.25, -0.2) is 0 Å². The number of allylic oxidation sites excluding steroid dienone is 1. The van der Waals surface area contributed by atoms with Crippen molar-refractivity contribution >= 4 is 41.0 Å². The second-order valence-corrected chi connectivity index (χ2v) is 8.50. The molecule has 1 aliphatic heterocycles. The number of benzene rings is 2. The van der Waals surface area contributed by atoms with Crippen molar-refractivity contribution in [2.45, 2.75) is 24.2 Å². The number of aryl methyl sites for hydroxylation is 1. The largest absolute Gasteiger partial charge is 0.325 e. The average Bonchev–Trinajstić information content (AvgIpc) is 2.72. The van der Waals surface area contributed by atoms with Gasteiger partial charge in [-0.2, -0.15) is 5.26 Å². The molecule has 2 N–H and O–H groups in total. The van der Waals surface area contributed by atoms with Gasteiger partial charge in [0.2, 0.25) is 11.8 Å². The number of thioether (sulfide) groups is 2. The minimum Gasteiger partial charge on any atom is -0.325 e. The van der Waals surface area contributed by atoms with Gasteiger partial charge in [-0.1, -0.05) is 36.0 Å². The van der Waals surface area contributed by atoms with E-state index in [2.05, 4.69) is 16.7 Å². The SMILES string of the molecule is CSc1ccc([C@@H]2CC(=O)NC(SCC(=O)Nc3cccc(C)c3)=C2C#N)cc1. The molecule has 0 aromatic heterocycles. The number of hydrogen-bond acceptors (Lipinski definition) is 5. The third-order valence-corrected chi connectivity index (χ3v) is 6.28. The van der Waals surface area contributed by atoms with Gasteiger partial charge in [0, 0.05) is 22.9 Å². The molecule has 0 radical (unpaired) electrons. The third-order valence-electron chi connectivity index (χ3n) is 4.52. The van der Waals surface area contributed by atoms with Crippen LogP contribution in [0.15, 0.2) is 64.0 Å². The summed E-state index contributed by atoms with van der Waals surface area (Å²) in [7, 11) is 0. The average molecular weight is 424 g/mol. The van der Waals surface area contributed by atoms with Crippen LogP contribution in [-0.4, -0.2) is 23.8 Å². The zero-order valence-electron chi connectivity index (χ0n) is 16.2. The fourth-order valence-corrected chi connectivity index (χ4v) is 4.40. The molecule has 7 heteroatoms. The maximum absolute atomic E-state index is 12.3. The summed E-state index contributed by atoms with van der Waals surface area (Å²) in [6, 6.07) is 17.7. The molecule has 1 heterocycles. The van der Waals surface area contributed by atoms with Gasteiger partial charge in [0.1, 0.15) is 0 Å². The minimum atomic E-state index is -0.299. The quantitative estimate of drug-likeness (QED) is 0.672. The Morgan fingerprint density at radius 1 is 1.28 bits per heavy atom. The van der Waals surface area contributed by atoms with Gasteiger partial charge < -0.3 is 10.6 Å². The second kappa shape index (κ2) is 9.68. The molecule has 0 spiro atoms. The highest BCUT2D eigenvalue weighted by Gasteiger charge is 2.29. The van der Waals surface area contributed by atoms with Crippen molar-refractivity contribution in [1.82, 2.24) is 5.32 Å². The summed E-state index contributed by atoms with van der Waals surface area (Å²) in [5.41, 5.74) is 3.20. The molecule has 148 valence electrons. The molecular formula is C22H21N3O2S2. The molecule has 2 aromatic carbocycles. The number of nitrogens with one attached hydrogen (secondary N) is 2. The van der Waals surface area contributed by atoms with Crippen LogP contribution in [0.25, 0.3) is 0 Å². The van der Waals surface area contributed by atoms with E-state index in [-0.39, 0.29) is 29.9 Å². The fraction of sp³-hybridized carbons (Fsp3) is 0.227. The van der Waals surface area contributed by atoms with Gasteiger partial charge in [0.05, 0.1) is 22.4 Å². The lowest BCUT2D eigenvalue weighted by Gasteiger charge is -2.25. The van der Waals surface area contributed by atoms with Crippen LogP contribution in [-0.2, 0) is 9.59 Å². The maximum Gasteiger partial charge on any atom is 0.234 e. The van der Waals surface area contributed by atoms with Crippen molar-refractivity contribution in [2.75, 3.05) is 17.3 Å². The number of amides is 2. The van der Waals surface area contributed by atoms with Crippen LogP contribution in [0.3, 0.4) is 0 Å². The number of rotatable bonds is 6. The molecule has 0 saturated heterocycles. The molecule has 1 atom stereocenters. The van der Waals surface area contributed by atoms with Crippen LogP contribution < -0.4 is 10.6 Å². The van der Waals surface area contributed by atoms with Crippen molar-refractivity contribution in [3.8, 4) is 6.07 Å². The zero-order valence-corrected chi connectivity index (χ0v) is 17.8. The van der Waals surface area contributed by atoms with E-state index in [1.165, 1.54) is 11.8 Å². The summed E-state index contributed by atoms with van der Waals surface area (Å²) < 4.78 is 0. The first-order chi connectivity index (χ1) is 14.0. The maximum atomic E-state index is 12.3. The number of carbonyl (C=O) groups is 2. The summed E-state index contributed by atoms with van der Waals surface area (Å²) in [5, 5.41) is 15.8. The van der Waals surface area contributed by atoms with Crippen molar-refractivity contribution in [2.24, 2.45) is 0 Å². The molecule has 1 aliphatic rings. The van der Waals surface area contributed by atoms with Gasteiger partial charge in [-0.15, -0.1) is 11.8 Å². The fourth-order valence-electron chi connectivity index (χ4n) is 3.11. The number of anilines is 1. The summed E-state index contributed by atoms with van der Waals surface area (Å²) in [6.45, 7) is 1.96. The molecular weight excluding hydrogens is 402 g/mol. The highest BCUT2D eigenvalue weighted by atomic mass is 32.2. The van der Waals surface area contributed by atoms with E-state index in [1.54, 1.807) is 11.8 Å². The molecule has 0 aliphatic carbocycles. The summed E-state index contributed by atoms with van der Waals surface area (Å²) in [5.74, 6) is -0.532. The van der Waals surface area contributed by atoms with Crippen LogP contribution in [0.2, 0.25) is 0 Å². The second-order valence-electron chi connectivity index (χ2n) is 6.64. The summed E-state index contributed by atoms with van der Waals surface area (Å²) >= 11 is 2.82. The van der Waals surface area contributed by atoms with E-state index in [0.29, 0.717) is 10.6 Å². The number of hydrogen-bond donors (Lipinski definition) is 2. The van der Waals surface area contributed by atoms with Crippen LogP contribution in [0.5, 0.6) is 0 Å². The Morgan fingerprint density at radius 3 is 2.69 bits per heavy atom. The van der Waals surface area contributed by atoms with E-state index in [1.807, 2.05) is 61.7 Å². The first-order valence-corrected chi connectivity index (χ1v) is 11.3. The Morgan fingerprint density at radius 2 is 2.03 bits per heavy atom. The van der Waals surface area contributed by atoms with Crippen molar-refractivity contribution in [3.63, 3.8) is 0 Å². The molecule has 2 amide bonds. The molecule has 2 aromatic rings. The van der Waals surface area contributed by atoms with E-state index < -0.39 is 0 Å². The van der Waals surface area contributed by atoms with E-state index in [0.717, 1.165) is 21.7 Å². The highest BCUT2D eigenvalue weighted by Crippen LogP contribution is 2.36. The van der Waals surface area contributed by atoms with E-state index in [9.17, 15) is 14.9 Å². The molecule has 5 nitrogen and oxygen atoms in total. The molecule has 29 heavy (non-hydrogen) atoms. The lowest BCUT2D eigenvalue weighted by atomic mass is 9.87. The van der Waals surface area contributed by atoms with Gasteiger partial charge in [0.25, 0.3) is 0 Å². The number of nitriles is 1. The Labute approximate surface area is 179 Å². The first kappa shape index (κ1) is 21.0. The van der Waals surface area contributed by atoms with Gasteiger partial charge in [-0.3, -0.25) is 9.59 Å². The first-order valence-electron chi connectivity index (χ1n) is 9.07. The van der Waals surface area contributed by atoms with Gasteiger partial charge >= 0.3 is 0 Å². The minimum absolute atomic E-state index is 0.104. The monoisotopic (exact) mass is 423 g/mol. The lowest BCUT2D eigenvalue weighted by molar-refractivity contribution is -0.121. The number of nitrogens with zero attached hydrogens (tertiary/aromatic N) is 1. The Kier molecular flexibility index (Phi) is 7.02. The smallest absolute Gasteiger partial charge is 0.234 e. The topological polar surface area (TPSA) is 82.0 Å². The third kappa shape index (κ3) is 5.43. The molecule has 0 bridgehead atoms. The molecule has 3 rings (SSSR count). The van der Waals surface area contributed by atoms with Crippen LogP contribution in [0.4, 0.5) is 5.69 Å². The Bertz CT molecular complexity index is 994. The van der Waals surface area contributed by atoms with Crippen LogP contribution in [0.1, 0.15) is 23.5 Å². The van der Waals surface area contributed by atoms with Crippen LogP contribution in [0, 0.1) is 18.3 Å². The van der Waals surface area contributed by atoms with Crippen molar-refractivity contribution < 1.29 is 9.59 Å². The molecule has 0 saturated carbocycles. The Hall–Kier alpha value is -2.69. The molecule has 0 fully saturated rings. The lowest BCUT2D eigenvalue weighted by Crippen LogP contribution is -2.31.